The monoisotopic (exact) mass is 351 g/mol. The summed E-state index contributed by atoms with van der Waals surface area (Å²) in [5.41, 5.74) is 2.55. The highest BCUT2D eigenvalue weighted by atomic mass is 19.1. The second-order valence-electron chi connectivity index (χ2n) is 5.84. The minimum atomic E-state index is -0.476. The number of nitrogens with one attached hydrogen (secondary N) is 1. The maximum absolute atomic E-state index is 12.7. The van der Waals surface area contributed by atoms with Gasteiger partial charge in [0, 0.05) is 25.5 Å². The van der Waals surface area contributed by atoms with E-state index in [-0.39, 0.29) is 18.3 Å². The lowest BCUT2D eigenvalue weighted by molar-refractivity contribution is -0.131. The maximum Gasteiger partial charge on any atom is 0.245 e. The van der Waals surface area contributed by atoms with E-state index in [0.717, 1.165) is 5.56 Å². The van der Waals surface area contributed by atoms with Gasteiger partial charge in [0.1, 0.15) is 5.82 Å². The number of hydroxylamine groups is 1. The summed E-state index contributed by atoms with van der Waals surface area (Å²) in [6, 6.07) is 8.63. The molecule has 0 saturated carbocycles. The SMILES string of the molecule is CC(C)n1cccn1.COC(CCc1ccc(F)cc1)CC(=O)NO. The number of ether oxygens (including phenoxy) is 1. The molecule has 0 aliphatic heterocycles. The molecule has 1 aromatic carbocycles. The number of aryl methyl sites for hydroxylation is 1. The number of amides is 1. The first-order valence-electron chi connectivity index (χ1n) is 8.15. The molecule has 1 aromatic heterocycles. The number of methoxy groups -OCH3 is 1. The van der Waals surface area contributed by atoms with Crippen molar-refractivity contribution in [1.82, 2.24) is 15.3 Å². The van der Waals surface area contributed by atoms with Gasteiger partial charge in [-0.15, -0.1) is 0 Å². The molecule has 1 amide bonds. The van der Waals surface area contributed by atoms with Crippen LogP contribution in [0.1, 0.15) is 38.3 Å². The third kappa shape index (κ3) is 8.42. The topological polar surface area (TPSA) is 76.4 Å². The molecule has 1 heterocycles. The molecule has 0 aliphatic rings. The van der Waals surface area contributed by atoms with Crippen molar-refractivity contribution in [3.8, 4) is 0 Å². The Morgan fingerprint density at radius 3 is 2.48 bits per heavy atom. The molecule has 0 bridgehead atoms. The summed E-state index contributed by atoms with van der Waals surface area (Å²) >= 11 is 0. The van der Waals surface area contributed by atoms with Gasteiger partial charge in [0.25, 0.3) is 0 Å². The Labute approximate surface area is 147 Å². The van der Waals surface area contributed by atoms with E-state index >= 15 is 0 Å². The molecule has 6 nitrogen and oxygen atoms in total. The first-order valence-corrected chi connectivity index (χ1v) is 8.15. The lowest BCUT2D eigenvalue weighted by atomic mass is 10.0. The van der Waals surface area contributed by atoms with E-state index in [1.165, 1.54) is 19.2 Å². The minimum absolute atomic E-state index is 0.105. The highest BCUT2D eigenvalue weighted by molar-refractivity contribution is 5.75. The predicted octanol–water partition coefficient (Wildman–Crippen LogP) is 3.13. The van der Waals surface area contributed by atoms with Crippen LogP contribution in [0.15, 0.2) is 42.7 Å². The molecule has 1 atom stereocenters. The van der Waals surface area contributed by atoms with Gasteiger partial charge in [-0.3, -0.25) is 14.7 Å². The lowest BCUT2D eigenvalue weighted by Crippen LogP contribution is -2.25. The average molecular weight is 351 g/mol. The van der Waals surface area contributed by atoms with E-state index in [1.54, 1.807) is 23.8 Å². The highest BCUT2D eigenvalue weighted by Gasteiger charge is 2.12. The summed E-state index contributed by atoms with van der Waals surface area (Å²) in [6.45, 7) is 4.21. The minimum Gasteiger partial charge on any atom is -0.381 e. The van der Waals surface area contributed by atoms with Crippen molar-refractivity contribution in [2.24, 2.45) is 0 Å². The third-order valence-electron chi connectivity index (χ3n) is 3.59. The zero-order chi connectivity index (χ0) is 18.7. The van der Waals surface area contributed by atoms with Gasteiger partial charge in [-0.2, -0.15) is 5.10 Å². The predicted molar refractivity (Wildman–Crippen MR) is 92.7 cm³/mol. The van der Waals surface area contributed by atoms with Gasteiger partial charge in [-0.05, 0) is 50.5 Å². The van der Waals surface area contributed by atoms with E-state index in [1.807, 2.05) is 16.9 Å². The smallest absolute Gasteiger partial charge is 0.245 e. The summed E-state index contributed by atoms with van der Waals surface area (Å²) in [5.74, 6) is -0.743. The van der Waals surface area contributed by atoms with Gasteiger partial charge in [-0.1, -0.05) is 12.1 Å². The Kier molecular flexibility index (Phi) is 9.42. The van der Waals surface area contributed by atoms with Crippen LogP contribution in [-0.4, -0.2) is 34.1 Å². The quantitative estimate of drug-likeness (QED) is 0.593. The molecule has 7 heteroatoms. The Morgan fingerprint density at radius 1 is 1.36 bits per heavy atom. The van der Waals surface area contributed by atoms with Crippen LogP contribution < -0.4 is 5.48 Å². The fraction of sp³-hybridized carbons (Fsp3) is 0.444. The van der Waals surface area contributed by atoms with Crippen LogP contribution in [0.2, 0.25) is 0 Å². The van der Waals surface area contributed by atoms with Gasteiger partial charge >= 0.3 is 0 Å². The summed E-state index contributed by atoms with van der Waals surface area (Å²) in [7, 11) is 1.51. The van der Waals surface area contributed by atoms with Crippen molar-refractivity contribution >= 4 is 5.91 Å². The Hall–Kier alpha value is -2.25. The Balaban J connectivity index is 0.000000324. The number of hydrogen-bond donors (Lipinski definition) is 2. The fourth-order valence-electron chi connectivity index (χ4n) is 2.12. The Bertz CT molecular complexity index is 601. The first-order chi connectivity index (χ1) is 12.0. The first kappa shape index (κ1) is 20.8. The second kappa shape index (κ2) is 11.3. The molecule has 1 unspecified atom stereocenters. The number of rotatable bonds is 7. The zero-order valence-corrected chi connectivity index (χ0v) is 14.9. The maximum atomic E-state index is 12.7. The fourth-order valence-corrected chi connectivity index (χ4v) is 2.12. The molecule has 2 rings (SSSR count). The van der Waals surface area contributed by atoms with Crippen molar-refractivity contribution in [1.29, 1.82) is 0 Å². The summed E-state index contributed by atoms with van der Waals surface area (Å²) in [5, 5.41) is 12.4. The van der Waals surface area contributed by atoms with Gasteiger partial charge in [0.2, 0.25) is 5.91 Å². The average Bonchev–Trinajstić information content (AvgIpc) is 3.15. The van der Waals surface area contributed by atoms with Crippen LogP contribution in [-0.2, 0) is 16.0 Å². The van der Waals surface area contributed by atoms with Gasteiger partial charge in [-0.25, -0.2) is 9.87 Å². The number of aromatic nitrogens is 2. The number of benzene rings is 1. The standard InChI is InChI=1S/C12H16FNO3.C6H10N2/c1-17-11(8-12(15)14-16)7-4-9-2-5-10(13)6-3-9;1-6(2)8-5-3-4-7-8/h2-3,5-6,11,16H,4,7-8H2,1H3,(H,14,15);3-6H,1-2H3. The van der Waals surface area contributed by atoms with E-state index < -0.39 is 5.91 Å². The van der Waals surface area contributed by atoms with Crippen LogP contribution in [0.3, 0.4) is 0 Å². The van der Waals surface area contributed by atoms with Crippen molar-refractivity contribution in [2.45, 2.75) is 45.3 Å². The van der Waals surface area contributed by atoms with Crippen LogP contribution >= 0.6 is 0 Å². The molecule has 0 fully saturated rings. The van der Waals surface area contributed by atoms with Crippen molar-refractivity contribution in [3.63, 3.8) is 0 Å². The molecular weight excluding hydrogens is 325 g/mol. The van der Waals surface area contributed by atoms with Crippen LogP contribution in [0.4, 0.5) is 4.39 Å². The number of carbonyl (C=O) groups excluding carboxylic acids is 1. The number of nitrogens with zero attached hydrogens (tertiary/aromatic N) is 2. The molecule has 0 saturated heterocycles. The lowest BCUT2D eigenvalue weighted by Gasteiger charge is -2.13. The summed E-state index contributed by atoms with van der Waals surface area (Å²) in [6.07, 6.45) is 4.93. The molecular formula is C18H26FN3O3. The normalized spacial score (nSPS) is 11.6. The van der Waals surface area contributed by atoms with Gasteiger partial charge < -0.3 is 4.74 Å². The molecule has 25 heavy (non-hydrogen) atoms. The Morgan fingerprint density at radius 2 is 2.04 bits per heavy atom. The van der Waals surface area contributed by atoms with Gasteiger partial charge in [0.15, 0.2) is 0 Å². The van der Waals surface area contributed by atoms with E-state index in [0.29, 0.717) is 18.9 Å². The second-order valence-corrected chi connectivity index (χ2v) is 5.84. The van der Waals surface area contributed by atoms with Gasteiger partial charge in [0.05, 0.1) is 12.5 Å². The van der Waals surface area contributed by atoms with E-state index in [2.05, 4.69) is 18.9 Å². The molecule has 0 radical (unpaired) electrons. The molecule has 0 aliphatic carbocycles. The van der Waals surface area contributed by atoms with Crippen LogP contribution in [0.25, 0.3) is 0 Å². The third-order valence-corrected chi connectivity index (χ3v) is 3.59. The summed E-state index contributed by atoms with van der Waals surface area (Å²) < 4.78 is 19.7. The van der Waals surface area contributed by atoms with Crippen molar-refractivity contribution < 1.29 is 19.1 Å². The molecule has 138 valence electrons. The van der Waals surface area contributed by atoms with Crippen molar-refractivity contribution in [3.05, 3.63) is 54.1 Å². The molecule has 0 spiro atoms. The number of halogens is 1. The van der Waals surface area contributed by atoms with Crippen LogP contribution in [0.5, 0.6) is 0 Å². The van der Waals surface area contributed by atoms with Crippen LogP contribution in [0, 0.1) is 5.82 Å². The highest BCUT2D eigenvalue weighted by Crippen LogP contribution is 2.10. The molecule has 2 aromatic rings. The largest absolute Gasteiger partial charge is 0.381 e. The van der Waals surface area contributed by atoms with E-state index in [4.69, 9.17) is 9.94 Å². The van der Waals surface area contributed by atoms with E-state index in [9.17, 15) is 9.18 Å². The van der Waals surface area contributed by atoms with Crippen molar-refractivity contribution in [2.75, 3.05) is 7.11 Å². The number of hydrogen-bond acceptors (Lipinski definition) is 4. The molecule has 2 N–H and O–H groups in total. The summed E-state index contributed by atoms with van der Waals surface area (Å²) in [4.78, 5) is 10.9. The zero-order valence-electron chi connectivity index (χ0n) is 14.9. The number of carbonyl (C=O) groups is 1.